The first-order valence-electron chi connectivity index (χ1n) is 4.80. The van der Waals surface area contributed by atoms with E-state index in [-0.39, 0.29) is 5.82 Å². The van der Waals surface area contributed by atoms with Crippen LogP contribution < -0.4 is 5.73 Å². The molecule has 16 heavy (non-hydrogen) atoms. The van der Waals surface area contributed by atoms with Crippen LogP contribution in [-0.4, -0.2) is 10.5 Å². The molecule has 2 aromatic rings. The molecule has 2 rings (SSSR count). The zero-order valence-corrected chi connectivity index (χ0v) is 8.77. The second-order valence-electron chi connectivity index (χ2n) is 3.59. The summed E-state index contributed by atoms with van der Waals surface area (Å²) in [6.07, 6.45) is 4.74. The molecule has 0 aliphatic carbocycles. The molecule has 1 heterocycles. The van der Waals surface area contributed by atoms with Gasteiger partial charge in [-0.05, 0) is 24.3 Å². The molecule has 1 aromatic heterocycles. The van der Waals surface area contributed by atoms with Crippen LogP contribution in [0.1, 0.15) is 5.56 Å². The first-order chi connectivity index (χ1) is 7.58. The third-order valence-electron chi connectivity index (χ3n) is 2.41. The quantitative estimate of drug-likeness (QED) is 0.768. The fourth-order valence-corrected chi connectivity index (χ4v) is 1.69. The van der Waals surface area contributed by atoms with Crippen molar-refractivity contribution in [1.82, 2.24) is 4.57 Å². The Hall–Kier alpha value is -2.10. The van der Waals surface area contributed by atoms with E-state index in [4.69, 9.17) is 5.73 Å². The van der Waals surface area contributed by atoms with E-state index >= 15 is 0 Å². The Kier molecular flexibility index (Phi) is 2.48. The van der Waals surface area contributed by atoms with Crippen LogP contribution >= 0.6 is 0 Å². The molecule has 0 fully saturated rings. The van der Waals surface area contributed by atoms with Crippen molar-refractivity contribution in [2.75, 3.05) is 0 Å². The number of fused-ring (bicyclic) bond motifs is 1. The van der Waals surface area contributed by atoms with Gasteiger partial charge in [-0.15, -0.1) is 0 Å². The Morgan fingerprint density at radius 3 is 2.94 bits per heavy atom. The molecule has 0 atom stereocenters. The normalized spacial score (nSPS) is 11.4. The largest absolute Gasteiger partial charge is 0.366 e. The van der Waals surface area contributed by atoms with Gasteiger partial charge in [-0.3, -0.25) is 4.79 Å². The summed E-state index contributed by atoms with van der Waals surface area (Å²) in [7, 11) is 1.82. The second kappa shape index (κ2) is 3.81. The number of nitrogens with zero attached hydrogens (tertiary/aromatic N) is 1. The Bertz CT molecular complexity index is 584. The highest BCUT2D eigenvalue weighted by Crippen LogP contribution is 2.22. The molecule has 82 valence electrons. The highest BCUT2D eigenvalue weighted by Gasteiger charge is 2.05. The van der Waals surface area contributed by atoms with Gasteiger partial charge in [0.15, 0.2) is 0 Å². The van der Waals surface area contributed by atoms with Crippen LogP contribution in [0, 0.1) is 5.82 Å². The van der Waals surface area contributed by atoms with Crippen molar-refractivity contribution in [2.24, 2.45) is 12.8 Å². The van der Waals surface area contributed by atoms with Crippen molar-refractivity contribution < 1.29 is 9.18 Å². The van der Waals surface area contributed by atoms with Gasteiger partial charge in [-0.1, -0.05) is 0 Å². The predicted octanol–water partition coefficient (Wildman–Crippen LogP) is 1.82. The fourth-order valence-electron chi connectivity index (χ4n) is 1.69. The zero-order valence-electron chi connectivity index (χ0n) is 8.77. The molecule has 3 nitrogen and oxygen atoms in total. The smallest absolute Gasteiger partial charge is 0.241 e. The number of carbonyl (C=O) groups is 1. The van der Waals surface area contributed by atoms with Crippen LogP contribution in [0.4, 0.5) is 4.39 Å². The van der Waals surface area contributed by atoms with Gasteiger partial charge in [0.1, 0.15) is 5.82 Å². The summed E-state index contributed by atoms with van der Waals surface area (Å²) in [6.45, 7) is 0. The van der Waals surface area contributed by atoms with Crippen LogP contribution in [0.5, 0.6) is 0 Å². The first-order valence-corrected chi connectivity index (χ1v) is 4.80. The summed E-state index contributed by atoms with van der Waals surface area (Å²) in [5, 5.41) is 0.890. The number of hydrogen-bond acceptors (Lipinski definition) is 1. The van der Waals surface area contributed by atoms with Crippen molar-refractivity contribution in [2.45, 2.75) is 0 Å². The Labute approximate surface area is 92.0 Å². The maximum atomic E-state index is 13.0. The van der Waals surface area contributed by atoms with Crippen LogP contribution in [-0.2, 0) is 11.8 Å². The molecule has 4 heteroatoms. The number of amides is 1. The molecule has 1 amide bonds. The van der Waals surface area contributed by atoms with E-state index in [2.05, 4.69) is 0 Å². The first kappa shape index (κ1) is 10.4. The number of rotatable bonds is 2. The Morgan fingerprint density at radius 1 is 1.50 bits per heavy atom. The monoisotopic (exact) mass is 218 g/mol. The molecule has 0 unspecified atom stereocenters. The summed E-state index contributed by atoms with van der Waals surface area (Å²) in [4.78, 5) is 10.6. The van der Waals surface area contributed by atoms with Crippen molar-refractivity contribution in [3.05, 3.63) is 41.9 Å². The van der Waals surface area contributed by atoms with Crippen molar-refractivity contribution >= 4 is 22.9 Å². The summed E-state index contributed by atoms with van der Waals surface area (Å²) >= 11 is 0. The van der Waals surface area contributed by atoms with Crippen molar-refractivity contribution in [1.29, 1.82) is 0 Å². The fraction of sp³-hybridized carbons (Fsp3) is 0.0833. The zero-order chi connectivity index (χ0) is 11.7. The maximum absolute atomic E-state index is 13.0. The number of benzene rings is 1. The predicted molar refractivity (Wildman–Crippen MR) is 61.1 cm³/mol. The summed E-state index contributed by atoms with van der Waals surface area (Å²) in [6, 6.07) is 4.53. The lowest BCUT2D eigenvalue weighted by Crippen LogP contribution is -2.04. The van der Waals surface area contributed by atoms with Crippen LogP contribution in [0.25, 0.3) is 17.0 Å². The third-order valence-corrected chi connectivity index (χ3v) is 2.41. The van der Waals surface area contributed by atoms with E-state index in [9.17, 15) is 9.18 Å². The van der Waals surface area contributed by atoms with Gasteiger partial charge in [0.25, 0.3) is 0 Å². The number of aryl methyl sites for hydroxylation is 1. The van der Waals surface area contributed by atoms with Crippen LogP contribution in [0.3, 0.4) is 0 Å². The van der Waals surface area contributed by atoms with E-state index in [1.165, 1.54) is 18.2 Å². The Balaban J connectivity index is 2.59. The van der Waals surface area contributed by atoms with E-state index < -0.39 is 5.91 Å². The number of carbonyl (C=O) groups excluding carboxylic acids is 1. The molecular weight excluding hydrogens is 207 g/mol. The van der Waals surface area contributed by atoms with Gasteiger partial charge < -0.3 is 10.3 Å². The SMILES string of the molecule is Cn1cc(/C=C/C(N)=O)c2ccc(F)cc21. The highest BCUT2D eigenvalue weighted by atomic mass is 19.1. The summed E-state index contributed by atoms with van der Waals surface area (Å²) in [5.74, 6) is -0.779. The molecule has 2 N–H and O–H groups in total. The lowest BCUT2D eigenvalue weighted by Gasteiger charge is -1.95. The summed E-state index contributed by atoms with van der Waals surface area (Å²) in [5.41, 5.74) is 6.65. The van der Waals surface area contributed by atoms with Gasteiger partial charge in [-0.2, -0.15) is 0 Å². The molecule has 0 aliphatic heterocycles. The van der Waals surface area contributed by atoms with Gasteiger partial charge in [0, 0.05) is 30.3 Å². The Morgan fingerprint density at radius 2 is 2.25 bits per heavy atom. The molecule has 0 aliphatic rings. The third kappa shape index (κ3) is 1.82. The summed E-state index contributed by atoms with van der Waals surface area (Å²) < 4.78 is 14.8. The van der Waals surface area contributed by atoms with Gasteiger partial charge >= 0.3 is 0 Å². The molecule has 1 aromatic carbocycles. The van der Waals surface area contributed by atoms with E-state index in [1.807, 2.05) is 13.2 Å². The van der Waals surface area contributed by atoms with Gasteiger partial charge in [0.05, 0.1) is 5.52 Å². The molecule has 0 bridgehead atoms. The minimum absolute atomic E-state index is 0.279. The minimum Gasteiger partial charge on any atom is -0.366 e. The van der Waals surface area contributed by atoms with E-state index in [1.54, 1.807) is 16.7 Å². The average molecular weight is 218 g/mol. The van der Waals surface area contributed by atoms with E-state index in [0.717, 1.165) is 16.5 Å². The molecule has 0 radical (unpaired) electrons. The number of halogens is 1. The van der Waals surface area contributed by atoms with Crippen LogP contribution in [0.15, 0.2) is 30.5 Å². The highest BCUT2D eigenvalue weighted by molar-refractivity contribution is 5.95. The van der Waals surface area contributed by atoms with Gasteiger partial charge in [0.2, 0.25) is 5.91 Å². The standard InChI is InChI=1S/C12H11FN2O/c1-15-7-8(2-5-12(14)16)10-4-3-9(13)6-11(10)15/h2-7H,1H3,(H2,14,16)/b5-2+. The molecule has 0 saturated heterocycles. The minimum atomic E-state index is -0.501. The van der Waals surface area contributed by atoms with Crippen molar-refractivity contribution in [3.8, 4) is 0 Å². The number of primary amides is 1. The van der Waals surface area contributed by atoms with Gasteiger partial charge in [-0.25, -0.2) is 4.39 Å². The number of nitrogens with two attached hydrogens (primary N) is 1. The lowest BCUT2D eigenvalue weighted by atomic mass is 10.1. The topological polar surface area (TPSA) is 48.0 Å². The van der Waals surface area contributed by atoms with Crippen molar-refractivity contribution in [3.63, 3.8) is 0 Å². The average Bonchev–Trinajstić information content (AvgIpc) is 2.53. The molecule has 0 spiro atoms. The number of hydrogen-bond donors (Lipinski definition) is 1. The van der Waals surface area contributed by atoms with Crippen LogP contribution in [0.2, 0.25) is 0 Å². The number of aromatic nitrogens is 1. The van der Waals surface area contributed by atoms with E-state index in [0.29, 0.717) is 0 Å². The molecular formula is C12H11FN2O. The maximum Gasteiger partial charge on any atom is 0.241 e. The second-order valence-corrected chi connectivity index (χ2v) is 3.59. The molecule has 0 saturated carbocycles. The lowest BCUT2D eigenvalue weighted by molar-refractivity contribution is -0.113.